The summed E-state index contributed by atoms with van der Waals surface area (Å²) < 4.78 is 0. The van der Waals surface area contributed by atoms with Gasteiger partial charge in [0.05, 0.1) is 18.1 Å². The van der Waals surface area contributed by atoms with Crippen LogP contribution in [0.4, 0.5) is 17.2 Å². The highest BCUT2D eigenvalue weighted by Gasteiger charge is 2.26. The molecule has 2 N–H and O–H groups in total. The molecule has 2 saturated heterocycles. The second-order valence-corrected chi connectivity index (χ2v) is 18.0. The van der Waals surface area contributed by atoms with Gasteiger partial charge in [-0.2, -0.15) is 0 Å². The van der Waals surface area contributed by atoms with E-state index in [0.29, 0.717) is 18.1 Å². The molecule has 0 spiro atoms. The van der Waals surface area contributed by atoms with Crippen LogP contribution in [0.3, 0.4) is 0 Å². The van der Waals surface area contributed by atoms with Gasteiger partial charge in [0.1, 0.15) is 23.5 Å². The standard InChI is InChI=1S/C51H62N12/c1-9-10-21-63(37(4)52-8)43-16-14-42(15-17-43)61-22-19-38(20-23-61)33-60-24-26-62(27-25-60)47-18-13-41(31-54-47)45-29-44-48(56-34-57-50(44)58-45)39-11-12-40(35(2)28-39)30-53-36(3)49-55-32-46(59-49)51(5,6)7/h9,11-18,28-31,34,38,52H,1,3-4,10,19-27,32-33H2,2,5-8H3,(H,56,57,58). The molecule has 6 heterocycles. The highest BCUT2D eigenvalue weighted by Crippen LogP contribution is 2.32. The molecule has 0 amide bonds. The first-order chi connectivity index (χ1) is 30.5. The lowest BCUT2D eigenvalue weighted by Gasteiger charge is -2.39. The summed E-state index contributed by atoms with van der Waals surface area (Å²) in [6, 6.07) is 21.7. The molecule has 8 rings (SSSR count). The third-order valence-electron chi connectivity index (χ3n) is 12.7. The van der Waals surface area contributed by atoms with Gasteiger partial charge in [0.2, 0.25) is 0 Å². The van der Waals surface area contributed by atoms with Crippen molar-refractivity contribution in [3.63, 3.8) is 0 Å². The number of rotatable bonds is 15. The van der Waals surface area contributed by atoms with Crippen LogP contribution in [0.1, 0.15) is 51.2 Å². The van der Waals surface area contributed by atoms with Crippen molar-refractivity contribution in [2.24, 2.45) is 26.3 Å². The summed E-state index contributed by atoms with van der Waals surface area (Å²) in [5.74, 6) is 3.26. The molecule has 12 nitrogen and oxygen atoms in total. The number of aryl methyl sites for hydroxylation is 1. The Labute approximate surface area is 373 Å². The minimum absolute atomic E-state index is 0.0256. The fraction of sp³-hybridized carbons (Fsp3) is 0.373. The van der Waals surface area contributed by atoms with Crippen molar-refractivity contribution >= 4 is 46.0 Å². The molecule has 3 aliphatic rings. The molecule has 326 valence electrons. The van der Waals surface area contributed by atoms with Crippen molar-refractivity contribution in [2.45, 2.75) is 47.0 Å². The lowest BCUT2D eigenvalue weighted by Crippen LogP contribution is -2.49. The largest absolute Gasteiger partial charge is 0.375 e. The van der Waals surface area contributed by atoms with Crippen molar-refractivity contribution in [1.29, 1.82) is 0 Å². The number of piperazine rings is 1. The molecular weight excluding hydrogens is 781 g/mol. The number of nitrogens with one attached hydrogen (secondary N) is 2. The summed E-state index contributed by atoms with van der Waals surface area (Å²) in [5, 5.41) is 4.16. The van der Waals surface area contributed by atoms with Gasteiger partial charge in [-0.25, -0.2) is 19.9 Å². The molecule has 2 aromatic carbocycles. The average molecular weight is 843 g/mol. The highest BCUT2D eigenvalue weighted by molar-refractivity contribution is 6.13. The summed E-state index contributed by atoms with van der Waals surface area (Å²) >= 11 is 0. The molecule has 0 bridgehead atoms. The summed E-state index contributed by atoms with van der Waals surface area (Å²) in [7, 11) is 1.92. The van der Waals surface area contributed by atoms with Crippen LogP contribution in [0.25, 0.3) is 33.5 Å². The lowest BCUT2D eigenvalue weighted by molar-refractivity contribution is 0.201. The molecule has 12 heteroatoms. The van der Waals surface area contributed by atoms with Crippen LogP contribution in [0.15, 0.2) is 125 Å². The van der Waals surface area contributed by atoms with Gasteiger partial charge in [-0.15, -0.1) is 6.58 Å². The quantitative estimate of drug-likeness (QED) is 0.0794. The van der Waals surface area contributed by atoms with Gasteiger partial charge in [0.15, 0.2) is 5.84 Å². The summed E-state index contributed by atoms with van der Waals surface area (Å²) in [6.07, 6.45) is 10.7. The molecule has 63 heavy (non-hydrogen) atoms. The Morgan fingerprint density at radius 3 is 2.35 bits per heavy atom. The third-order valence-corrected chi connectivity index (χ3v) is 12.7. The van der Waals surface area contributed by atoms with Crippen LogP contribution >= 0.6 is 0 Å². The number of anilines is 3. The molecule has 0 saturated carbocycles. The Hall–Kier alpha value is -6.40. The van der Waals surface area contributed by atoms with Gasteiger partial charge >= 0.3 is 0 Å². The molecule has 3 aromatic heterocycles. The number of hydrogen-bond donors (Lipinski definition) is 2. The van der Waals surface area contributed by atoms with E-state index in [1.165, 1.54) is 25.1 Å². The fourth-order valence-electron chi connectivity index (χ4n) is 8.66. The highest BCUT2D eigenvalue weighted by atomic mass is 15.3. The van der Waals surface area contributed by atoms with E-state index in [9.17, 15) is 0 Å². The maximum atomic E-state index is 4.94. The van der Waals surface area contributed by atoms with Crippen molar-refractivity contribution in [3.8, 4) is 22.5 Å². The minimum Gasteiger partial charge on any atom is -0.375 e. The summed E-state index contributed by atoms with van der Waals surface area (Å²) in [6.45, 7) is 29.6. The smallest absolute Gasteiger partial charge is 0.173 e. The van der Waals surface area contributed by atoms with Crippen molar-refractivity contribution in [1.82, 2.24) is 30.2 Å². The average Bonchev–Trinajstić information content (AvgIpc) is 3.99. The summed E-state index contributed by atoms with van der Waals surface area (Å²) in [4.78, 5) is 41.4. The number of pyridine rings is 1. The Morgan fingerprint density at radius 2 is 1.68 bits per heavy atom. The first kappa shape index (κ1) is 43.3. The van der Waals surface area contributed by atoms with Gasteiger partial charge in [0.25, 0.3) is 0 Å². The first-order valence-corrected chi connectivity index (χ1v) is 22.3. The van der Waals surface area contributed by atoms with Crippen molar-refractivity contribution < 1.29 is 0 Å². The minimum atomic E-state index is -0.0256. The predicted molar refractivity (Wildman–Crippen MR) is 264 cm³/mol. The van der Waals surface area contributed by atoms with Crippen LogP contribution < -0.4 is 20.0 Å². The van der Waals surface area contributed by atoms with Crippen LogP contribution in [-0.2, 0) is 0 Å². The normalized spacial score (nSPS) is 16.4. The van der Waals surface area contributed by atoms with Crippen LogP contribution in [0, 0.1) is 18.3 Å². The zero-order chi connectivity index (χ0) is 44.1. The van der Waals surface area contributed by atoms with E-state index in [-0.39, 0.29) is 5.41 Å². The van der Waals surface area contributed by atoms with Gasteiger partial charge in [-0.05, 0) is 91.8 Å². The van der Waals surface area contributed by atoms with E-state index in [0.717, 1.165) is 126 Å². The third kappa shape index (κ3) is 9.97. The number of amidine groups is 1. The number of aromatic amines is 1. The van der Waals surface area contributed by atoms with Gasteiger partial charge < -0.3 is 25.0 Å². The number of hydrogen-bond acceptors (Lipinski definition) is 11. The number of nitrogens with zero attached hydrogens (tertiary/aromatic N) is 10. The van der Waals surface area contributed by atoms with Crippen molar-refractivity contribution in [2.75, 3.05) is 80.7 Å². The first-order valence-electron chi connectivity index (χ1n) is 22.3. The van der Waals surface area contributed by atoms with Gasteiger partial charge in [-0.1, -0.05) is 52.1 Å². The Kier molecular flexibility index (Phi) is 13.0. The molecule has 2 fully saturated rings. The Balaban J connectivity index is 0.830. The zero-order valence-electron chi connectivity index (χ0n) is 37.7. The number of fused-ring (bicyclic) bond motifs is 1. The second-order valence-electron chi connectivity index (χ2n) is 18.0. The molecular formula is C51H62N12. The van der Waals surface area contributed by atoms with E-state index in [2.05, 4.69) is 158 Å². The Bertz CT molecular complexity index is 2520. The van der Waals surface area contributed by atoms with E-state index in [1.807, 2.05) is 25.5 Å². The van der Waals surface area contributed by atoms with Gasteiger partial charge in [-0.3, -0.25) is 14.9 Å². The second kappa shape index (κ2) is 18.9. The number of piperidine rings is 1. The molecule has 0 aliphatic carbocycles. The number of benzene rings is 2. The van der Waals surface area contributed by atoms with Crippen LogP contribution in [-0.4, -0.2) is 109 Å². The molecule has 0 radical (unpaired) electrons. The number of aromatic nitrogens is 4. The fourth-order valence-corrected chi connectivity index (χ4v) is 8.66. The topological polar surface area (TPSA) is 117 Å². The SMILES string of the molecule is C=CCCN(C(=C)NC)c1ccc(N2CCC(CN3CCN(c4ccc(-c5cc6c(-c7ccc(C=NC(=C)C8=NCC(C(C)(C)C)=N8)c(C)c7)ncnc6[nH]5)cn4)CC3)CC2)cc1. The molecule has 5 aromatic rings. The molecule has 0 unspecified atom stereocenters. The predicted octanol–water partition coefficient (Wildman–Crippen LogP) is 8.94. The maximum absolute atomic E-state index is 4.94. The zero-order valence-corrected chi connectivity index (χ0v) is 37.7. The summed E-state index contributed by atoms with van der Waals surface area (Å²) in [5.41, 5.74) is 10.8. The van der Waals surface area contributed by atoms with Gasteiger partial charge in [0, 0.05) is 117 Å². The molecule has 0 atom stereocenters. The lowest BCUT2D eigenvalue weighted by atomic mass is 9.90. The Morgan fingerprint density at radius 1 is 0.921 bits per heavy atom. The van der Waals surface area contributed by atoms with E-state index < -0.39 is 0 Å². The van der Waals surface area contributed by atoms with E-state index in [4.69, 9.17) is 9.97 Å². The van der Waals surface area contributed by atoms with Crippen LogP contribution in [0.5, 0.6) is 0 Å². The monoisotopic (exact) mass is 843 g/mol. The van der Waals surface area contributed by atoms with Crippen LogP contribution in [0.2, 0.25) is 0 Å². The van der Waals surface area contributed by atoms with E-state index in [1.54, 1.807) is 6.33 Å². The van der Waals surface area contributed by atoms with Crippen molar-refractivity contribution in [3.05, 3.63) is 122 Å². The number of H-pyrrole nitrogens is 1. The number of aliphatic imine (C=N–C) groups is 3. The van der Waals surface area contributed by atoms with E-state index >= 15 is 0 Å². The molecule has 3 aliphatic heterocycles. The maximum Gasteiger partial charge on any atom is 0.173 e.